The molecule has 6 nitrogen and oxygen atoms in total. The molecule has 0 spiro atoms. The SMILES string of the molecule is CC(C)Oc1cccc(/C=C/C(=O)NCCC(=O)c2ccc3c(c2)CC(=O)N3C)c1. The molecule has 30 heavy (non-hydrogen) atoms. The first-order valence-electron chi connectivity index (χ1n) is 9.99. The van der Waals surface area contributed by atoms with Crippen LogP contribution >= 0.6 is 0 Å². The van der Waals surface area contributed by atoms with Gasteiger partial charge in [-0.15, -0.1) is 0 Å². The van der Waals surface area contributed by atoms with Gasteiger partial charge < -0.3 is 15.0 Å². The van der Waals surface area contributed by atoms with Crippen LogP contribution in [-0.4, -0.2) is 37.3 Å². The summed E-state index contributed by atoms with van der Waals surface area (Å²) in [5, 5.41) is 2.73. The van der Waals surface area contributed by atoms with Crippen molar-refractivity contribution in [2.45, 2.75) is 32.8 Å². The molecule has 1 aliphatic heterocycles. The first-order valence-corrected chi connectivity index (χ1v) is 9.99. The maximum atomic E-state index is 12.4. The lowest BCUT2D eigenvalue weighted by molar-refractivity contribution is -0.117. The Morgan fingerprint density at radius 3 is 2.77 bits per heavy atom. The minimum atomic E-state index is -0.265. The zero-order valence-corrected chi connectivity index (χ0v) is 17.5. The maximum Gasteiger partial charge on any atom is 0.244 e. The molecule has 0 atom stereocenters. The van der Waals surface area contributed by atoms with Crippen LogP contribution in [-0.2, 0) is 16.0 Å². The number of fused-ring (bicyclic) bond motifs is 1. The lowest BCUT2D eigenvalue weighted by atomic mass is 10.0. The summed E-state index contributed by atoms with van der Waals surface area (Å²) in [5.41, 5.74) is 3.13. The molecule has 1 heterocycles. The average Bonchev–Trinajstić information content (AvgIpc) is 2.99. The molecule has 0 radical (unpaired) electrons. The van der Waals surface area contributed by atoms with Crippen molar-refractivity contribution in [1.29, 1.82) is 0 Å². The van der Waals surface area contributed by atoms with Crippen molar-refractivity contribution < 1.29 is 19.1 Å². The van der Waals surface area contributed by atoms with Gasteiger partial charge >= 0.3 is 0 Å². The van der Waals surface area contributed by atoms with Crippen LogP contribution in [0.5, 0.6) is 5.75 Å². The van der Waals surface area contributed by atoms with Gasteiger partial charge in [0.1, 0.15) is 5.75 Å². The first-order chi connectivity index (χ1) is 14.3. The summed E-state index contributed by atoms with van der Waals surface area (Å²) in [6, 6.07) is 12.8. The molecule has 0 saturated carbocycles. The number of likely N-dealkylation sites (N-methyl/N-ethyl adjacent to an activating group) is 1. The largest absolute Gasteiger partial charge is 0.491 e. The topological polar surface area (TPSA) is 75.7 Å². The Morgan fingerprint density at radius 2 is 2.00 bits per heavy atom. The fourth-order valence-electron chi connectivity index (χ4n) is 3.28. The predicted octanol–water partition coefficient (Wildman–Crippen LogP) is 3.40. The molecule has 0 aromatic heterocycles. The van der Waals surface area contributed by atoms with Crippen LogP contribution in [0.3, 0.4) is 0 Å². The van der Waals surface area contributed by atoms with E-state index < -0.39 is 0 Å². The summed E-state index contributed by atoms with van der Waals surface area (Å²) in [6.07, 6.45) is 3.74. The number of carbonyl (C=O) groups excluding carboxylic acids is 3. The highest BCUT2D eigenvalue weighted by molar-refractivity contribution is 6.03. The fraction of sp³-hybridized carbons (Fsp3) is 0.292. The van der Waals surface area contributed by atoms with Crippen molar-refractivity contribution in [1.82, 2.24) is 5.32 Å². The number of nitrogens with one attached hydrogen (secondary N) is 1. The highest BCUT2D eigenvalue weighted by Gasteiger charge is 2.24. The lowest BCUT2D eigenvalue weighted by Gasteiger charge is -2.10. The van der Waals surface area contributed by atoms with E-state index in [0.29, 0.717) is 12.0 Å². The van der Waals surface area contributed by atoms with E-state index in [-0.39, 0.29) is 36.7 Å². The number of Topliss-reactive ketones (excluding diaryl/α,β-unsaturated/α-hetero) is 1. The fourth-order valence-corrected chi connectivity index (χ4v) is 3.28. The summed E-state index contributed by atoms with van der Waals surface area (Å²) >= 11 is 0. The lowest BCUT2D eigenvalue weighted by Crippen LogP contribution is -2.24. The molecule has 2 aromatic carbocycles. The van der Waals surface area contributed by atoms with Crippen LogP contribution in [0.4, 0.5) is 5.69 Å². The molecule has 0 fully saturated rings. The molecule has 2 amide bonds. The predicted molar refractivity (Wildman–Crippen MR) is 117 cm³/mol. The molecule has 156 valence electrons. The number of carbonyl (C=O) groups is 3. The van der Waals surface area contributed by atoms with Crippen molar-refractivity contribution in [3.8, 4) is 5.75 Å². The van der Waals surface area contributed by atoms with Crippen molar-refractivity contribution in [2.75, 3.05) is 18.5 Å². The van der Waals surface area contributed by atoms with E-state index in [4.69, 9.17) is 4.74 Å². The molecule has 1 N–H and O–H groups in total. The van der Waals surface area contributed by atoms with Gasteiger partial charge in [-0.25, -0.2) is 0 Å². The Balaban J connectivity index is 1.49. The molecule has 0 aliphatic carbocycles. The second-order valence-corrected chi connectivity index (χ2v) is 7.51. The number of hydrogen-bond donors (Lipinski definition) is 1. The molecular weight excluding hydrogens is 380 g/mol. The highest BCUT2D eigenvalue weighted by Crippen LogP contribution is 2.28. The molecule has 0 unspecified atom stereocenters. The van der Waals surface area contributed by atoms with Gasteiger partial charge in [-0.2, -0.15) is 0 Å². The molecule has 0 bridgehead atoms. The molecule has 3 rings (SSSR count). The van der Waals surface area contributed by atoms with Crippen LogP contribution < -0.4 is 15.0 Å². The van der Waals surface area contributed by atoms with Gasteiger partial charge in [0.05, 0.1) is 12.5 Å². The quantitative estimate of drug-likeness (QED) is 0.539. The Kier molecular flexibility index (Phi) is 6.67. The second-order valence-electron chi connectivity index (χ2n) is 7.51. The third-order valence-electron chi connectivity index (χ3n) is 4.79. The van der Waals surface area contributed by atoms with Crippen molar-refractivity contribution in [3.63, 3.8) is 0 Å². The van der Waals surface area contributed by atoms with E-state index >= 15 is 0 Å². The maximum absolute atomic E-state index is 12.4. The van der Waals surface area contributed by atoms with Crippen LogP contribution in [0.15, 0.2) is 48.5 Å². The van der Waals surface area contributed by atoms with Gasteiger partial charge in [-0.05, 0) is 61.4 Å². The zero-order valence-electron chi connectivity index (χ0n) is 17.5. The Hall–Kier alpha value is -3.41. The molecule has 1 aliphatic rings. The molecule has 6 heteroatoms. The monoisotopic (exact) mass is 406 g/mol. The highest BCUT2D eigenvalue weighted by atomic mass is 16.5. The Bertz CT molecular complexity index is 994. The smallest absolute Gasteiger partial charge is 0.244 e. The Labute approximate surface area is 176 Å². The number of benzene rings is 2. The number of ether oxygens (including phenoxy) is 1. The molecule has 2 aromatic rings. The minimum absolute atomic E-state index is 0.0231. The molecule has 0 saturated heterocycles. The summed E-state index contributed by atoms with van der Waals surface area (Å²) in [5.74, 6) is 0.442. The number of amides is 2. The number of anilines is 1. The van der Waals surface area contributed by atoms with Crippen LogP contribution in [0, 0.1) is 0 Å². The van der Waals surface area contributed by atoms with E-state index in [1.54, 1.807) is 36.2 Å². The normalized spacial score (nSPS) is 13.1. The van der Waals surface area contributed by atoms with E-state index in [1.165, 1.54) is 6.08 Å². The second kappa shape index (κ2) is 9.39. The van der Waals surface area contributed by atoms with Crippen molar-refractivity contribution >= 4 is 29.4 Å². The third kappa shape index (κ3) is 5.35. The van der Waals surface area contributed by atoms with Crippen LogP contribution in [0.1, 0.15) is 41.8 Å². The summed E-state index contributed by atoms with van der Waals surface area (Å²) in [4.78, 5) is 37.8. The summed E-state index contributed by atoms with van der Waals surface area (Å²) in [6.45, 7) is 4.16. The van der Waals surface area contributed by atoms with Crippen molar-refractivity contribution in [3.05, 3.63) is 65.2 Å². The number of rotatable bonds is 8. The standard InChI is InChI=1S/C24H26N2O4/c1-16(2)30-20-6-4-5-17(13-20)7-10-23(28)25-12-11-22(27)18-8-9-21-19(14-18)15-24(29)26(21)3/h4-10,13-14,16H,11-12,15H2,1-3H3,(H,25,28)/b10-7+. The van der Waals surface area contributed by atoms with Gasteiger partial charge in [0, 0.05) is 37.3 Å². The van der Waals surface area contributed by atoms with Gasteiger partial charge in [-0.3, -0.25) is 14.4 Å². The number of nitrogens with zero attached hydrogens (tertiary/aromatic N) is 1. The number of ketones is 1. The van der Waals surface area contributed by atoms with Gasteiger partial charge in [0.15, 0.2) is 5.78 Å². The first kappa shape index (κ1) is 21.3. The van der Waals surface area contributed by atoms with Gasteiger partial charge in [0.2, 0.25) is 11.8 Å². The van der Waals surface area contributed by atoms with E-state index in [0.717, 1.165) is 22.6 Å². The van der Waals surface area contributed by atoms with E-state index in [9.17, 15) is 14.4 Å². The zero-order chi connectivity index (χ0) is 21.7. The van der Waals surface area contributed by atoms with E-state index in [1.807, 2.05) is 38.1 Å². The Morgan fingerprint density at radius 1 is 1.20 bits per heavy atom. The molecular formula is C24H26N2O4. The van der Waals surface area contributed by atoms with Gasteiger partial charge in [0.25, 0.3) is 0 Å². The van der Waals surface area contributed by atoms with Crippen molar-refractivity contribution in [2.24, 2.45) is 0 Å². The van der Waals surface area contributed by atoms with Crippen LogP contribution in [0.2, 0.25) is 0 Å². The summed E-state index contributed by atoms with van der Waals surface area (Å²) < 4.78 is 5.64. The van der Waals surface area contributed by atoms with E-state index in [2.05, 4.69) is 5.32 Å². The third-order valence-corrected chi connectivity index (χ3v) is 4.79. The minimum Gasteiger partial charge on any atom is -0.491 e. The van der Waals surface area contributed by atoms with Crippen LogP contribution in [0.25, 0.3) is 6.08 Å². The van der Waals surface area contributed by atoms with Gasteiger partial charge in [-0.1, -0.05) is 12.1 Å². The average molecular weight is 406 g/mol. The summed E-state index contributed by atoms with van der Waals surface area (Å²) in [7, 11) is 1.73. The number of hydrogen-bond acceptors (Lipinski definition) is 4.